The number of nitrogens with one attached hydrogen (secondary N) is 1. The molecule has 142 valence electrons. The Morgan fingerprint density at radius 2 is 1.86 bits per heavy atom. The van der Waals surface area contributed by atoms with Crippen molar-refractivity contribution in [3.05, 3.63) is 69.7 Å². The highest BCUT2D eigenvalue weighted by molar-refractivity contribution is 7.98. The zero-order valence-corrected chi connectivity index (χ0v) is 16.5. The van der Waals surface area contributed by atoms with Gasteiger partial charge < -0.3 is 10.4 Å². The summed E-state index contributed by atoms with van der Waals surface area (Å²) in [6, 6.07) is 13.6. The molecule has 1 aliphatic rings. The number of carbonyl (C=O) groups excluding carboxylic acids is 1. The minimum atomic E-state index is -1.07. The second-order valence-electron chi connectivity index (χ2n) is 6.44. The standard InChI is InChI=1S/C21H16FNO3S2/c1-27-14-8-4-11(5-9-14)15-10-16(24)23-18-17(12-2-6-13(22)7-3-12)20(21(25)26)28-19(15)18/h2-9,15H,10H2,1H3,(H,23,24)(H,25,26)/t15-/m1/s1. The molecule has 0 saturated carbocycles. The van der Waals surface area contributed by atoms with E-state index >= 15 is 0 Å². The monoisotopic (exact) mass is 413 g/mol. The van der Waals surface area contributed by atoms with E-state index in [1.165, 1.54) is 35.6 Å². The van der Waals surface area contributed by atoms with Gasteiger partial charge in [-0.05, 0) is 41.6 Å². The number of carbonyl (C=O) groups is 2. The van der Waals surface area contributed by atoms with Gasteiger partial charge >= 0.3 is 5.97 Å². The van der Waals surface area contributed by atoms with E-state index in [-0.39, 0.29) is 23.1 Å². The van der Waals surface area contributed by atoms with Gasteiger partial charge in [0.05, 0.1) is 5.69 Å². The maximum absolute atomic E-state index is 13.3. The smallest absolute Gasteiger partial charge is 0.346 e. The molecule has 0 saturated heterocycles. The number of hydrogen-bond acceptors (Lipinski definition) is 4. The van der Waals surface area contributed by atoms with Crippen molar-refractivity contribution in [1.82, 2.24) is 0 Å². The summed E-state index contributed by atoms with van der Waals surface area (Å²) in [5.74, 6) is -1.84. The highest BCUT2D eigenvalue weighted by Crippen LogP contribution is 2.49. The number of halogens is 1. The van der Waals surface area contributed by atoms with Gasteiger partial charge in [0, 0.05) is 27.7 Å². The SMILES string of the molecule is CSc1ccc([C@H]2CC(=O)Nc3c2sc(C(=O)O)c3-c2ccc(F)cc2)cc1. The molecule has 4 rings (SSSR count). The van der Waals surface area contributed by atoms with Gasteiger partial charge in [-0.1, -0.05) is 24.3 Å². The van der Waals surface area contributed by atoms with Crippen LogP contribution in [0.2, 0.25) is 0 Å². The van der Waals surface area contributed by atoms with Gasteiger partial charge in [-0.25, -0.2) is 9.18 Å². The number of thioether (sulfide) groups is 1. The molecule has 2 heterocycles. The Bertz CT molecular complexity index is 1060. The minimum Gasteiger partial charge on any atom is -0.477 e. The molecule has 2 N–H and O–H groups in total. The van der Waals surface area contributed by atoms with Crippen LogP contribution in [0.3, 0.4) is 0 Å². The first-order valence-electron chi connectivity index (χ1n) is 8.57. The van der Waals surface area contributed by atoms with E-state index in [2.05, 4.69) is 5.32 Å². The maximum Gasteiger partial charge on any atom is 0.346 e. The Kier molecular flexibility index (Phi) is 4.95. The van der Waals surface area contributed by atoms with E-state index in [9.17, 15) is 19.1 Å². The number of benzene rings is 2. The fourth-order valence-electron chi connectivity index (χ4n) is 3.43. The van der Waals surface area contributed by atoms with E-state index in [0.29, 0.717) is 16.8 Å². The molecule has 0 fully saturated rings. The fourth-order valence-corrected chi connectivity index (χ4v) is 5.09. The van der Waals surface area contributed by atoms with Crippen LogP contribution < -0.4 is 5.32 Å². The van der Waals surface area contributed by atoms with Crippen LogP contribution in [-0.2, 0) is 4.79 Å². The summed E-state index contributed by atoms with van der Waals surface area (Å²) in [4.78, 5) is 26.4. The Morgan fingerprint density at radius 3 is 2.46 bits per heavy atom. The number of rotatable bonds is 4. The number of anilines is 1. The van der Waals surface area contributed by atoms with E-state index in [0.717, 1.165) is 15.3 Å². The van der Waals surface area contributed by atoms with Gasteiger partial charge in [-0.3, -0.25) is 4.79 Å². The third-order valence-electron chi connectivity index (χ3n) is 4.75. The summed E-state index contributed by atoms with van der Waals surface area (Å²) in [6.07, 6.45) is 2.25. The largest absolute Gasteiger partial charge is 0.477 e. The van der Waals surface area contributed by atoms with Crippen molar-refractivity contribution >= 4 is 40.7 Å². The zero-order valence-electron chi connectivity index (χ0n) is 14.9. The summed E-state index contributed by atoms with van der Waals surface area (Å²) < 4.78 is 13.3. The van der Waals surface area contributed by atoms with Crippen LogP contribution in [0.4, 0.5) is 10.1 Å². The van der Waals surface area contributed by atoms with Crippen LogP contribution >= 0.6 is 23.1 Å². The van der Waals surface area contributed by atoms with Crippen LogP contribution in [0.25, 0.3) is 11.1 Å². The summed E-state index contributed by atoms with van der Waals surface area (Å²) in [5.41, 5.74) is 2.49. The normalized spacial score (nSPS) is 15.8. The first-order valence-corrected chi connectivity index (χ1v) is 10.6. The van der Waals surface area contributed by atoms with Crippen molar-refractivity contribution in [1.29, 1.82) is 0 Å². The van der Waals surface area contributed by atoms with E-state index in [1.807, 2.05) is 30.5 Å². The molecule has 1 aliphatic heterocycles. The molecule has 0 spiro atoms. The van der Waals surface area contributed by atoms with Crippen molar-refractivity contribution in [2.24, 2.45) is 0 Å². The molecule has 3 aromatic rings. The molecule has 1 atom stereocenters. The summed E-state index contributed by atoms with van der Waals surface area (Å²) in [6.45, 7) is 0. The molecule has 0 unspecified atom stereocenters. The van der Waals surface area contributed by atoms with Gasteiger partial charge in [0.2, 0.25) is 5.91 Å². The maximum atomic E-state index is 13.3. The van der Waals surface area contributed by atoms with Crippen molar-refractivity contribution in [3.8, 4) is 11.1 Å². The molecule has 0 aliphatic carbocycles. The molecule has 2 aromatic carbocycles. The number of fused-ring (bicyclic) bond motifs is 1. The van der Waals surface area contributed by atoms with Crippen LogP contribution in [0.1, 0.15) is 32.5 Å². The average Bonchev–Trinajstić information content (AvgIpc) is 3.07. The molecular weight excluding hydrogens is 397 g/mol. The molecule has 28 heavy (non-hydrogen) atoms. The first kappa shape index (κ1) is 18.7. The molecule has 1 aromatic heterocycles. The van der Waals surface area contributed by atoms with Gasteiger partial charge in [0.25, 0.3) is 0 Å². The molecule has 7 heteroatoms. The number of aromatic carboxylic acids is 1. The summed E-state index contributed by atoms with van der Waals surface area (Å²) in [7, 11) is 0. The molecule has 0 bridgehead atoms. The highest BCUT2D eigenvalue weighted by atomic mass is 32.2. The Labute approximate surface area is 169 Å². The highest BCUT2D eigenvalue weighted by Gasteiger charge is 2.34. The van der Waals surface area contributed by atoms with Crippen molar-refractivity contribution in [2.75, 3.05) is 11.6 Å². The third kappa shape index (κ3) is 3.31. The lowest BCUT2D eigenvalue weighted by Crippen LogP contribution is -2.22. The molecule has 0 radical (unpaired) electrons. The average molecular weight is 413 g/mol. The van der Waals surface area contributed by atoms with Crippen LogP contribution in [0, 0.1) is 5.82 Å². The number of thiophene rings is 1. The van der Waals surface area contributed by atoms with Crippen LogP contribution in [0.5, 0.6) is 0 Å². The van der Waals surface area contributed by atoms with E-state index in [1.54, 1.807) is 11.8 Å². The Morgan fingerprint density at radius 1 is 1.18 bits per heavy atom. The predicted octanol–water partition coefficient (Wildman–Crippen LogP) is 5.45. The number of amides is 1. The fraction of sp³-hybridized carbons (Fsp3) is 0.143. The van der Waals surface area contributed by atoms with Gasteiger partial charge in [-0.15, -0.1) is 23.1 Å². The van der Waals surface area contributed by atoms with Gasteiger partial charge in [0.1, 0.15) is 10.7 Å². The molecule has 1 amide bonds. The van der Waals surface area contributed by atoms with Crippen LogP contribution in [-0.4, -0.2) is 23.2 Å². The quantitative estimate of drug-likeness (QED) is 0.558. The summed E-state index contributed by atoms with van der Waals surface area (Å²) >= 11 is 2.80. The van der Waals surface area contributed by atoms with E-state index in [4.69, 9.17) is 0 Å². The summed E-state index contributed by atoms with van der Waals surface area (Å²) in [5, 5.41) is 12.6. The van der Waals surface area contributed by atoms with Crippen LogP contribution in [0.15, 0.2) is 53.4 Å². The lowest BCUT2D eigenvalue weighted by atomic mass is 9.89. The Balaban J connectivity index is 1.89. The van der Waals surface area contributed by atoms with Crippen molar-refractivity contribution < 1.29 is 19.1 Å². The van der Waals surface area contributed by atoms with Crippen molar-refractivity contribution in [2.45, 2.75) is 17.2 Å². The van der Waals surface area contributed by atoms with Gasteiger partial charge in [-0.2, -0.15) is 0 Å². The van der Waals surface area contributed by atoms with E-state index < -0.39 is 11.8 Å². The molecule has 4 nitrogen and oxygen atoms in total. The zero-order chi connectivity index (χ0) is 19.8. The number of carboxylic acids is 1. The second-order valence-corrected chi connectivity index (χ2v) is 8.37. The third-order valence-corrected chi connectivity index (χ3v) is 6.79. The lowest BCUT2D eigenvalue weighted by Gasteiger charge is -2.24. The second kappa shape index (κ2) is 7.41. The van der Waals surface area contributed by atoms with Crippen molar-refractivity contribution in [3.63, 3.8) is 0 Å². The lowest BCUT2D eigenvalue weighted by molar-refractivity contribution is -0.116. The topological polar surface area (TPSA) is 66.4 Å². The first-order chi connectivity index (χ1) is 13.5. The predicted molar refractivity (Wildman–Crippen MR) is 110 cm³/mol. The minimum absolute atomic E-state index is 0.143. The number of carboxylic acid groups (broad SMARTS) is 1. The number of hydrogen-bond donors (Lipinski definition) is 2. The molecular formula is C21H16FNO3S2. The Hall–Kier alpha value is -2.64. The van der Waals surface area contributed by atoms with Gasteiger partial charge in [0.15, 0.2) is 0 Å².